The summed E-state index contributed by atoms with van der Waals surface area (Å²) in [5.74, 6) is -3.01. The number of carboxylic acid groups (broad SMARTS) is 1. The first-order chi connectivity index (χ1) is 17.8. The zero-order valence-corrected chi connectivity index (χ0v) is 20.7. The number of carbonyl (C=O) groups is 4. The predicted molar refractivity (Wildman–Crippen MR) is 136 cm³/mol. The normalized spacial score (nSPS) is 17.8. The van der Waals surface area contributed by atoms with Crippen molar-refractivity contribution in [3.05, 3.63) is 36.0 Å². The highest BCUT2D eigenvalue weighted by molar-refractivity contribution is 5.95. The molecular formula is C25H36N6O6. The summed E-state index contributed by atoms with van der Waals surface area (Å²) in [5, 5.41) is 25.3. The zero-order chi connectivity index (χ0) is 26.9. The van der Waals surface area contributed by atoms with Gasteiger partial charge >= 0.3 is 5.97 Å². The van der Waals surface area contributed by atoms with Crippen molar-refractivity contribution in [3.63, 3.8) is 0 Å². The van der Waals surface area contributed by atoms with E-state index in [0.717, 1.165) is 16.5 Å². The lowest BCUT2D eigenvalue weighted by molar-refractivity contribution is -0.149. The Morgan fingerprint density at radius 1 is 1.11 bits per heavy atom. The molecular weight excluding hydrogens is 480 g/mol. The number of fused-ring (bicyclic) bond motifs is 1. The minimum absolute atomic E-state index is 0.0854. The number of aromatic amines is 1. The number of aliphatic hydroxyl groups excluding tert-OH is 1. The van der Waals surface area contributed by atoms with Gasteiger partial charge in [-0.2, -0.15) is 0 Å². The molecule has 1 aromatic heterocycles. The number of benzene rings is 1. The van der Waals surface area contributed by atoms with Crippen LogP contribution in [0, 0.1) is 0 Å². The molecule has 1 aliphatic heterocycles. The molecule has 12 nitrogen and oxygen atoms in total. The van der Waals surface area contributed by atoms with Crippen LogP contribution in [0.2, 0.25) is 0 Å². The fourth-order valence-corrected chi connectivity index (χ4v) is 4.59. The van der Waals surface area contributed by atoms with Crippen molar-refractivity contribution in [3.8, 4) is 0 Å². The standard InChI is InChI=1S/C25H36N6O6/c26-10-4-3-7-17(27)22(33)30-20(14-32)23(34)29-19(24(35)31-11-5-9-21(31)25(36)37)12-15-13-28-18-8-2-1-6-16(15)18/h1-2,6,8,13,17,19-21,28,32H,3-5,7,9-12,14,26-27H2,(H,29,34)(H,30,33)(H,36,37). The van der Waals surface area contributed by atoms with Gasteiger partial charge in [-0.1, -0.05) is 24.6 Å². The van der Waals surface area contributed by atoms with E-state index in [1.54, 1.807) is 6.20 Å². The number of amides is 3. The Labute approximate surface area is 214 Å². The maximum atomic E-state index is 13.5. The van der Waals surface area contributed by atoms with Gasteiger partial charge in [0.25, 0.3) is 0 Å². The van der Waals surface area contributed by atoms with E-state index in [9.17, 15) is 29.4 Å². The van der Waals surface area contributed by atoms with Gasteiger partial charge in [0.2, 0.25) is 17.7 Å². The number of aliphatic hydroxyl groups is 1. The molecule has 4 unspecified atom stereocenters. The molecule has 37 heavy (non-hydrogen) atoms. The molecule has 202 valence electrons. The first-order valence-corrected chi connectivity index (χ1v) is 12.5. The zero-order valence-electron chi connectivity index (χ0n) is 20.7. The molecule has 0 radical (unpaired) electrons. The molecule has 1 saturated heterocycles. The number of nitrogens with zero attached hydrogens (tertiary/aromatic N) is 1. The van der Waals surface area contributed by atoms with Crippen molar-refractivity contribution in [2.45, 2.75) is 62.7 Å². The molecule has 3 rings (SSSR count). The number of H-pyrrole nitrogens is 1. The summed E-state index contributed by atoms with van der Waals surface area (Å²) in [4.78, 5) is 55.1. The van der Waals surface area contributed by atoms with Crippen molar-refractivity contribution < 1.29 is 29.4 Å². The van der Waals surface area contributed by atoms with Crippen molar-refractivity contribution in [1.29, 1.82) is 0 Å². The van der Waals surface area contributed by atoms with Crippen LogP contribution in [-0.4, -0.2) is 87.7 Å². The fourth-order valence-electron chi connectivity index (χ4n) is 4.59. The average molecular weight is 517 g/mol. The van der Waals surface area contributed by atoms with E-state index in [1.165, 1.54) is 4.90 Å². The van der Waals surface area contributed by atoms with Gasteiger partial charge in [0.05, 0.1) is 12.6 Å². The molecule has 12 heteroatoms. The second kappa shape index (κ2) is 13.2. The average Bonchev–Trinajstić information content (AvgIpc) is 3.54. The first-order valence-electron chi connectivity index (χ1n) is 12.5. The number of aromatic nitrogens is 1. The first kappa shape index (κ1) is 28.1. The van der Waals surface area contributed by atoms with Crippen LogP contribution in [0.25, 0.3) is 10.9 Å². The van der Waals surface area contributed by atoms with E-state index in [4.69, 9.17) is 11.5 Å². The van der Waals surface area contributed by atoms with Crippen molar-refractivity contribution in [1.82, 2.24) is 20.5 Å². The number of aliphatic carboxylic acids is 1. The molecule has 2 aromatic rings. The second-order valence-corrected chi connectivity index (χ2v) is 9.29. The molecule has 1 aromatic carbocycles. The van der Waals surface area contributed by atoms with Crippen LogP contribution in [0.1, 0.15) is 37.7 Å². The second-order valence-electron chi connectivity index (χ2n) is 9.29. The van der Waals surface area contributed by atoms with Crippen molar-refractivity contribution >= 4 is 34.6 Å². The predicted octanol–water partition coefficient (Wildman–Crippen LogP) is -0.796. The van der Waals surface area contributed by atoms with E-state index >= 15 is 0 Å². The molecule has 4 atom stereocenters. The lowest BCUT2D eigenvalue weighted by atomic mass is 10.0. The highest BCUT2D eigenvalue weighted by Gasteiger charge is 2.38. The van der Waals surface area contributed by atoms with E-state index in [-0.39, 0.29) is 13.0 Å². The topological polar surface area (TPSA) is 204 Å². The van der Waals surface area contributed by atoms with E-state index in [1.807, 2.05) is 24.3 Å². The third-order valence-electron chi connectivity index (χ3n) is 6.66. The monoisotopic (exact) mass is 516 g/mol. The fraction of sp³-hybridized carbons (Fsp3) is 0.520. The number of carboxylic acids is 1. The SMILES string of the molecule is NCCCCC(N)C(=O)NC(CO)C(=O)NC(Cc1c[nH]c2ccccc12)C(=O)N1CCCC1C(=O)O. The Balaban J connectivity index is 1.77. The van der Waals surface area contributed by atoms with Gasteiger partial charge in [0, 0.05) is 30.1 Å². The van der Waals surface area contributed by atoms with Crippen LogP contribution in [0.15, 0.2) is 30.5 Å². The summed E-state index contributed by atoms with van der Waals surface area (Å²) in [6.07, 6.45) is 4.40. The third kappa shape index (κ3) is 7.06. The Kier molecular flexibility index (Phi) is 10.0. The summed E-state index contributed by atoms with van der Waals surface area (Å²) in [6, 6.07) is 3.17. The molecule has 0 bridgehead atoms. The van der Waals surface area contributed by atoms with Crippen LogP contribution in [0.3, 0.4) is 0 Å². The Hall–Kier alpha value is -3.48. The van der Waals surface area contributed by atoms with Gasteiger partial charge < -0.3 is 42.2 Å². The third-order valence-corrected chi connectivity index (χ3v) is 6.66. The number of rotatable bonds is 13. The smallest absolute Gasteiger partial charge is 0.326 e. The largest absolute Gasteiger partial charge is 0.480 e. The van der Waals surface area contributed by atoms with Crippen LogP contribution < -0.4 is 22.1 Å². The van der Waals surface area contributed by atoms with E-state index in [0.29, 0.717) is 38.6 Å². The van der Waals surface area contributed by atoms with Crippen LogP contribution in [0.4, 0.5) is 0 Å². The molecule has 0 aliphatic carbocycles. The Bertz CT molecular complexity index is 1100. The summed E-state index contributed by atoms with van der Waals surface area (Å²) in [5.41, 5.74) is 13.0. The number of nitrogens with one attached hydrogen (secondary N) is 3. The maximum absolute atomic E-state index is 13.5. The minimum Gasteiger partial charge on any atom is -0.480 e. The van der Waals surface area contributed by atoms with Gasteiger partial charge in [0.15, 0.2) is 0 Å². The highest BCUT2D eigenvalue weighted by atomic mass is 16.4. The Morgan fingerprint density at radius 2 is 1.84 bits per heavy atom. The molecule has 2 heterocycles. The highest BCUT2D eigenvalue weighted by Crippen LogP contribution is 2.23. The minimum atomic E-state index is -1.33. The molecule has 9 N–H and O–H groups in total. The summed E-state index contributed by atoms with van der Waals surface area (Å²) < 4.78 is 0. The van der Waals surface area contributed by atoms with Crippen molar-refractivity contribution in [2.24, 2.45) is 11.5 Å². The molecule has 0 spiro atoms. The Morgan fingerprint density at radius 3 is 2.54 bits per heavy atom. The molecule has 1 fully saturated rings. The maximum Gasteiger partial charge on any atom is 0.326 e. The summed E-state index contributed by atoms with van der Waals surface area (Å²) in [6.45, 7) is 0.0258. The summed E-state index contributed by atoms with van der Waals surface area (Å²) in [7, 11) is 0. The number of hydrogen-bond acceptors (Lipinski definition) is 7. The van der Waals surface area contributed by atoms with Gasteiger partial charge in [-0.05, 0) is 43.9 Å². The lowest BCUT2D eigenvalue weighted by Gasteiger charge is -2.28. The van der Waals surface area contributed by atoms with Crippen LogP contribution >= 0.6 is 0 Å². The molecule has 0 saturated carbocycles. The number of hydrogen-bond donors (Lipinski definition) is 7. The van der Waals surface area contributed by atoms with Crippen LogP contribution in [0.5, 0.6) is 0 Å². The van der Waals surface area contributed by atoms with Crippen molar-refractivity contribution in [2.75, 3.05) is 19.7 Å². The van der Waals surface area contributed by atoms with Crippen LogP contribution in [-0.2, 0) is 25.6 Å². The number of likely N-dealkylation sites (tertiary alicyclic amines) is 1. The van der Waals surface area contributed by atoms with E-state index < -0.39 is 54.5 Å². The number of carbonyl (C=O) groups excluding carboxylic acids is 3. The lowest BCUT2D eigenvalue weighted by Crippen LogP contribution is -2.58. The quantitative estimate of drug-likeness (QED) is 0.168. The number of nitrogens with two attached hydrogens (primary N) is 2. The number of para-hydroxylation sites is 1. The molecule has 3 amide bonds. The summed E-state index contributed by atoms with van der Waals surface area (Å²) >= 11 is 0. The van der Waals surface area contributed by atoms with Gasteiger partial charge in [-0.15, -0.1) is 0 Å². The van der Waals surface area contributed by atoms with Gasteiger partial charge in [-0.3, -0.25) is 14.4 Å². The van der Waals surface area contributed by atoms with Gasteiger partial charge in [0.1, 0.15) is 18.1 Å². The molecule has 1 aliphatic rings. The van der Waals surface area contributed by atoms with E-state index in [2.05, 4.69) is 15.6 Å². The van der Waals surface area contributed by atoms with Gasteiger partial charge in [-0.25, -0.2) is 4.79 Å². The number of unbranched alkanes of at least 4 members (excludes halogenated alkanes) is 1.